The van der Waals surface area contributed by atoms with Gasteiger partial charge in [0, 0.05) is 12.1 Å². The van der Waals surface area contributed by atoms with E-state index in [2.05, 4.69) is 16.4 Å². The zero-order valence-corrected chi connectivity index (χ0v) is 5.86. The first-order chi connectivity index (χ1) is 5.40. The molecule has 0 aromatic heterocycles. The molecule has 1 N–H and O–H groups in total. The molecule has 3 heteroatoms. The molecule has 3 nitrogen and oxygen atoms in total. The standard InChI is InChI=1S/C8H7N3/c9-4-6-3-7-1-2-10-8(7)11-5-6/h1-3,5,7-8,10H. The highest BCUT2D eigenvalue weighted by molar-refractivity contribution is 5.84. The Morgan fingerprint density at radius 1 is 1.64 bits per heavy atom. The first kappa shape index (κ1) is 6.17. The minimum atomic E-state index is 0.132. The number of fused-ring (bicyclic) bond motifs is 1. The number of rotatable bonds is 0. The molecule has 0 saturated carbocycles. The van der Waals surface area contributed by atoms with Gasteiger partial charge in [-0.15, -0.1) is 0 Å². The molecule has 54 valence electrons. The molecule has 2 heterocycles. The molecule has 0 aromatic carbocycles. The SMILES string of the molecule is N#CC1=CC2C=CNC2N=C1. The van der Waals surface area contributed by atoms with Gasteiger partial charge >= 0.3 is 0 Å². The van der Waals surface area contributed by atoms with Gasteiger partial charge in [0.25, 0.3) is 0 Å². The van der Waals surface area contributed by atoms with Gasteiger partial charge in [0.1, 0.15) is 12.2 Å². The summed E-state index contributed by atoms with van der Waals surface area (Å²) in [5, 5.41) is 11.6. The third-order valence-corrected chi connectivity index (χ3v) is 1.83. The van der Waals surface area contributed by atoms with Crippen LogP contribution in [0, 0.1) is 17.2 Å². The van der Waals surface area contributed by atoms with E-state index in [1.807, 2.05) is 18.4 Å². The monoisotopic (exact) mass is 145 g/mol. The van der Waals surface area contributed by atoms with Gasteiger partial charge in [0.2, 0.25) is 0 Å². The molecule has 0 radical (unpaired) electrons. The van der Waals surface area contributed by atoms with Gasteiger partial charge in [-0.2, -0.15) is 5.26 Å². The lowest BCUT2D eigenvalue weighted by Gasteiger charge is -2.15. The highest BCUT2D eigenvalue weighted by Gasteiger charge is 2.21. The lowest BCUT2D eigenvalue weighted by Crippen LogP contribution is -2.25. The molecule has 0 fully saturated rings. The summed E-state index contributed by atoms with van der Waals surface area (Å²) in [4.78, 5) is 4.15. The Balaban J connectivity index is 2.28. The van der Waals surface area contributed by atoms with Crippen LogP contribution < -0.4 is 5.32 Å². The smallest absolute Gasteiger partial charge is 0.128 e. The van der Waals surface area contributed by atoms with E-state index < -0.39 is 0 Å². The largest absolute Gasteiger partial charge is 0.369 e. The van der Waals surface area contributed by atoms with Crippen LogP contribution in [-0.2, 0) is 0 Å². The molecular weight excluding hydrogens is 138 g/mol. The highest BCUT2D eigenvalue weighted by Crippen LogP contribution is 2.19. The van der Waals surface area contributed by atoms with Crippen LogP contribution in [0.25, 0.3) is 0 Å². The Hall–Kier alpha value is -1.56. The topological polar surface area (TPSA) is 48.2 Å². The minimum absolute atomic E-state index is 0.132. The van der Waals surface area contributed by atoms with Crippen molar-refractivity contribution in [3.05, 3.63) is 23.9 Å². The van der Waals surface area contributed by atoms with Gasteiger partial charge in [-0.1, -0.05) is 12.2 Å². The molecule has 2 aliphatic heterocycles. The van der Waals surface area contributed by atoms with E-state index in [1.165, 1.54) is 0 Å². The number of dihydropyridines is 1. The van der Waals surface area contributed by atoms with Gasteiger partial charge in [-0.25, -0.2) is 0 Å². The van der Waals surface area contributed by atoms with Crippen LogP contribution in [0.5, 0.6) is 0 Å². The van der Waals surface area contributed by atoms with Crippen LogP contribution in [0.3, 0.4) is 0 Å². The number of nitrogens with one attached hydrogen (secondary N) is 1. The van der Waals surface area contributed by atoms with Crippen molar-refractivity contribution in [2.75, 3.05) is 0 Å². The first-order valence-corrected chi connectivity index (χ1v) is 3.48. The predicted octanol–water partition coefficient (Wildman–Crippen LogP) is 0.580. The molecular formula is C8H7N3. The number of hydrogen-bond acceptors (Lipinski definition) is 3. The number of nitriles is 1. The zero-order valence-electron chi connectivity index (χ0n) is 5.86. The fraction of sp³-hybridized carbons (Fsp3) is 0.250. The second-order valence-corrected chi connectivity index (χ2v) is 2.56. The Morgan fingerprint density at radius 3 is 3.36 bits per heavy atom. The van der Waals surface area contributed by atoms with Crippen molar-refractivity contribution in [3.63, 3.8) is 0 Å². The number of nitrogens with zero attached hydrogens (tertiary/aromatic N) is 2. The van der Waals surface area contributed by atoms with E-state index >= 15 is 0 Å². The summed E-state index contributed by atoms with van der Waals surface area (Å²) in [7, 11) is 0. The molecule has 0 bridgehead atoms. The van der Waals surface area contributed by atoms with Crippen molar-refractivity contribution in [3.8, 4) is 6.07 Å². The number of aliphatic imine (C=N–C) groups is 1. The van der Waals surface area contributed by atoms with Gasteiger partial charge < -0.3 is 5.32 Å². The quantitative estimate of drug-likeness (QED) is 0.542. The molecule has 0 aliphatic carbocycles. The highest BCUT2D eigenvalue weighted by atomic mass is 15.1. The van der Waals surface area contributed by atoms with E-state index in [0.717, 1.165) is 0 Å². The molecule has 2 aliphatic rings. The average molecular weight is 145 g/mol. The normalized spacial score (nSPS) is 32.1. The minimum Gasteiger partial charge on any atom is -0.369 e. The molecule has 0 aromatic rings. The van der Waals surface area contributed by atoms with Crippen molar-refractivity contribution in [2.24, 2.45) is 10.9 Å². The van der Waals surface area contributed by atoms with E-state index in [0.29, 0.717) is 5.57 Å². The van der Waals surface area contributed by atoms with E-state index in [4.69, 9.17) is 5.26 Å². The second kappa shape index (κ2) is 2.24. The Labute approximate surface area is 64.7 Å². The van der Waals surface area contributed by atoms with Crippen molar-refractivity contribution < 1.29 is 0 Å². The van der Waals surface area contributed by atoms with Crippen molar-refractivity contribution in [2.45, 2.75) is 6.17 Å². The molecule has 2 atom stereocenters. The number of allylic oxidation sites excluding steroid dienone is 1. The molecule has 0 amide bonds. The molecule has 0 saturated heterocycles. The summed E-state index contributed by atoms with van der Waals surface area (Å²) >= 11 is 0. The van der Waals surface area contributed by atoms with E-state index in [1.54, 1.807) is 6.21 Å². The van der Waals surface area contributed by atoms with Crippen LogP contribution in [-0.4, -0.2) is 12.4 Å². The molecule has 2 unspecified atom stereocenters. The van der Waals surface area contributed by atoms with Crippen LogP contribution in [0.1, 0.15) is 0 Å². The third-order valence-electron chi connectivity index (χ3n) is 1.83. The molecule has 0 spiro atoms. The summed E-state index contributed by atoms with van der Waals surface area (Å²) < 4.78 is 0. The maximum absolute atomic E-state index is 8.56. The van der Waals surface area contributed by atoms with Gasteiger partial charge in [0.05, 0.1) is 5.57 Å². The second-order valence-electron chi connectivity index (χ2n) is 2.56. The fourth-order valence-electron chi connectivity index (χ4n) is 1.25. The number of hydrogen-bond donors (Lipinski definition) is 1. The fourth-order valence-corrected chi connectivity index (χ4v) is 1.25. The first-order valence-electron chi connectivity index (χ1n) is 3.48. The van der Waals surface area contributed by atoms with Crippen LogP contribution >= 0.6 is 0 Å². The average Bonchev–Trinajstić information content (AvgIpc) is 2.50. The Morgan fingerprint density at radius 2 is 2.55 bits per heavy atom. The van der Waals surface area contributed by atoms with E-state index in [-0.39, 0.29) is 12.1 Å². The van der Waals surface area contributed by atoms with Gasteiger partial charge in [-0.05, 0) is 6.20 Å². The van der Waals surface area contributed by atoms with Crippen molar-refractivity contribution >= 4 is 6.21 Å². The summed E-state index contributed by atoms with van der Waals surface area (Å²) in [6.45, 7) is 0. The summed E-state index contributed by atoms with van der Waals surface area (Å²) in [5.41, 5.74) is 0.652. The Bertz CT molecular complexity index is 293. The lowest BCUT2D eigenvalue weighted by atomic mass is 10.0. The molecule has 2 rings (SSSR count). The van der Waals surface area contributed by atoms with Crippen LogP contribution in [0.4, 0.5) is 0 Å². The predicted molar refractivity (Wildman–Crippen MR) is 41.7 cm³/mol. The summed E-state index contributed by atoms with van der Waals surface area (Å²) in [6, 6.07) is 2.07. The van der Waals surface area contributed by atoms with Gasteiger partial charge in [0.15, 0.2) is 0 Å². The van der Waals surface area contributed by atoms with Crippen LogP contribution in [0.2, 0.25) is 0 Å². The third kappa shape index (κ3) is 0.926. The van der Waals surface area contributed by atoms with E-state index in [9.17, 15) is 0 Å². The summed E-state index contributed by atoms with van der Waals surface area (Å²) in [5.74, 6) is 0.273. The lowest BCUT2D eigenvalue weighted by molar-refractivity contribution is 0.570. The van der Waals surface area contributed by atoms with Crippen molar-refractivity contribution in [1.29, 1.82) is 5.26 Å². The zero-order chi connectivity index (χ0) is 7.68. The van der Waals surface area contributed by atoms with Gasteiger partial charge in [-0.3, -0.25) is 4.99 Å². The van der Waals surface area contributed by atoms with Crippen LogP contribution in [0.15, 0.2) is 28.9 Å². The summed E-state index contributed by atoms with van der Waals surface area (Å²) in [6.07, 6.45) is 7.56. The molecule has 11 heavy (non-hydrogen) atoms. The maximum atomic E-state index is 8.56. The Kier molecular flexibility index (Phi) is 1.26. The maximum Gasteiger partial charge on any atom is 0.128 e. The van der Waals surface area contributed by atoms with Crippen molar-refractivity contribution in [1.82, 2.24) is 5.32 Å².